The normalized spacial score (nSPS) is 16.2. The zero-order valence-electron chi connectivity index (χ0n) is 10.6. The number of urea groups is 1. The highest BCUT2D eigenvalue weighted by atomic mass is 32.2. The lowest BCUT2D eigenvalue weighted by molar-refractivity contribution is 0.220. The predicted molar refractivity (Wildman–Crippen MR) is 70.9 cm³/mol. The molecule has 0 spiro atoms. The third-order valence-electron chi connectivity index (χ3n) is 3.03. The van der Waals surface area contributed by atoms with E-state index in [2.05, 4.69) is 0 Å². The first-order valence-corrected chi connectivity index (χ1v) is 7.51. The highest BCUT2D eigenvalue weighted by molar-refractivity contribution is 7.85. The first kappa shape index (κ1) is 13.8. The summed E-state index contributed by atoms with van der Waals surface area (Å²) in [6.07, 6.45) is 0.904. The van der Waals surface area contributed by atoms with Crippen LogP contribution < -0.4 is 4.90 Å². The molecular weight excluding hydrogens is 268 g/mol. The molecule has 1 aliphatic heterocycles. The van der Waals surface area contributed by atoms with Crippen LogP contribution in [0.3, 0.4) is 0 Å². The Balaban J connectivity index is 2.18. The Kier molecular flexibility index (Phi) is 3.77. The van der Waals surface area contributed by atoms with Gasteiger partial charge in [0, 0.05) is 25.3 Å². The average molecular weight is 284 g/mol. The third-order valence-corrected chi connectivity index (χ3v) is 3.90. The van der Waals surface area contributed by atoms with Crippen LogP contribution >= 0.6 is 0 Å². The van der Waals surface area contributed by atoms with Crippen LogP contribution in [0.4, 0.5) is 10.5 Å². The fourth-order valence-electron chi connectivity index (χ4n) is 2.10. The molecule has 0 aliphatic carbocycles. The van der Waals surface area contributed by atoms with Crippen molar-refractivity contribution in [2.75, 3.05) is 24.5 Å². The maximum absolute atomic E-state index is 12.1. The standard InChI is InChI=1S/C12H16N2O4S/c1-2-7-13-8-9-14(12(13)15)10-3-5-11(6-4-10)19(16,17)18/h3-6H,2,7-9H2,1H3,(H,16,17,18). The van der Waals surface area contributed by atoms with Crippen LogP contribution in [-0.4, -0.2) is 43.5 Å². The monoisotopic (exact) mass is 284 g/mol. The van der Waals surface area contributed by atoms with Crippen LogP contribution in [-0.2, 0) is 10.1 Å². The molecular formula is C12H16N2O4S. The number of carbonyl (C=O) groups is 1. The van der Waals surface area contributed by atoms with Crippen LogP contribution in [0, 0.1) is 0 Å². The van der Waals surface area contributed by atoms with E-state index in [1.165, 1.54) is 24.3 Å². The molecule has 1 heterocycles. The molecule has 7 heteroatoms. The number of benzene rings is 1. The van der Waals surface area contributed by atoms with E-state index in [4.69, 9.17) is 4.55 Å². The van der Waals surface area contributed by atoms with Gasteiger partial charge in [-0.05, 0) is 30.7 Å². The Morgan fingerprint density at radius 3 is 2.37 bits per heavy atom. The van der Waals surface area contributed by atoms with Gasteiger partial charge in [-0.15, -0.1) is 0 Å². The van der Waals surface area contributed by atoms with Crippen molar-refractivity contribution in [3.05, 3.63) is 24.3 Å². The quantitative estimate of drug-likeness (QED) is 0.852. The molecule has 0 radical (unpaired) electrons. The lowest BCUT2D eigenvalue weighted by Crippen LogP contribution is -2.32. The van der Waals surface area contributed by atoms with E-state index in [1.54, 1.807) is 9.80 Å². The van der Waals surface area contributed by atoms with E-state index in [-0.39, 0.29) is 10.9 Å². The zero-order valence-corrected chi connectivity index (χ0v) is 11.4. The van der Waals surface area contributed by atoms with Crippen molar-refractivity contribution in [2.45, 2.75) is 18.2 Å². The van der Waals surface area contributed by atoms with Crippen molar-refractivity contribution in [1.82, 2.24) is 4.90 Å². The van der Waals surface area contributed by atoms with Crippen LogP contribution in [0.5, 0.6) is 0 Å². The van der Waals surface area contributed by atoms with Gasteiger partial charge in [-0.1, -0.05) is 6.92 Å². The third kappa shape index (κ3) is 2.87. The minimum atomic E-state index is -4.19. The lowest BCUT2D eigenvalue weighted by atomic mass is 10.3. The van der Waals surface area contributed by atoms with Gasteiger partial charge in [-0.25, -0.2) is 4.79 Å². The highest BCUT2D eigenvalue weighted by Gasteiger charge is 2.28. The predicted octanol–water partition coefficient (Wildman–Crippen LogP) is 1.59. The fraction of sp³-hybridized carbons (Fsp3) is 0.417. The van der Waals surface area contributed by atoms with E-state index in [0.717, 1.165) is 13.0 Å². The van der Waals surface area contributed by atoms with Crippen molar-refractivity contribution < 1.29 is 17.8 Å². The molecule has 1 aromatic carbocycles. The summed E-state index contributed by atoms with van der Waals surface area (Å²) in [5.74, 6) is 0. The Bertz CT molecular complexity index is 568. The Morgan fingerprint density at radius 1 is 1.21 bits per heavy atom. The average Bonchev–Trinajstić information content (AvgIpc) is 2.71. The van der Waals surface area contributed by atoms with Gasteiger partial charge < -0.3 is 4.90 Å². The van der Waals surface area contributed by atoms with Crippen LogP contribution in [0.2, 0.25) is 0 Å². The molecule has 1 fully saturated rings. The maximum Gasteiger partial charge on any atom is 0.324 e. The summed E-state index contributed by atoms with van der Waals surface area (Å²) in [5, 5.41) is 0. The number of nitrogens with zero attached hydrogens (tertiary/aromatic N) is 2. The van der Waals surface area contributed by atoms with E-state index in [9.17, 15) is 13.2 Å². The minimum absolute atomic E-state index is 0.0681. The molecule has 0 unspecified atom stereocenters. The van der Waals surface area contributed by atoms with E-state index in [1.807, 2.05) is 6.92 Å². The Hall–Kier alpha value is -1.60. The SMILES string of the molecule is CCCN1CCN(c2ccc(S(=O)(=O)O)cc2)C1=O. The molecule has 2 rings (SSSR count). The zero-order chi connectivity index (χ0) is 14.0. The van der Waals surface area contributed by atoms with Gasteiger partial charge in [0.15, 0.2) is 0 Å². The summed E-state index contributed by atoms with van der Waals surface area (Å²) in [5.41, 5.74) is 0.635. The number of anilines is 1. The molecule has 0 aromatic heterocycles. The van der Waals surface area contributed by atoms with Crippen molar-refractivity contribution in [3.63, 3.8) is 0 Å². The maximum atomic E-state index is 12.1. The van der Waals surface area contributed by atoms with Gasteiger partial charge in [0.1, 0.15) is 0 Å². The first-order valence-electron chi connectivity index (χ1n) is 6.07. The molecule has 0 atom stereocenters. The van der Waals surface area contributed by atoms with Crippen LogP contribution in [0.25, 0.3) is 0 Å². The van der Waals surface area contributed by atoms with E-state index < -0.39 is 10.1 Å². The molecule has 1 aromatic rings. The molecule has 2 amide bonds. The van der Waals surface area contributed by atoms with Crippen LogP contribution in [0.1, 0.15) is 13.3 Å². The van der Waals surface area contributed by atoms with Gasteiger partial charge in [0.25, 0.3) is 10.1 Å². The summed E-state index contributed by atoms with van der Waals surface area (Å²) in [6.45, 7) is 3.99. The summed E-state index contributed by atoms with van der Waals surface area (Å²) < 4.78 is 30.8. The summed E-state index contributed by atoms with van der Waals surface area (Å²) >= 11 is 0. The molecule has 19 heavy (non-hydrogen) atoms. The molecule has 1 aliphatic rings. The number of rotatable bonds is 4. The van der Waals surface area contributed by atoms with Crippen LogP contribution in [0.15, 0.2) is 29.2 Å². The van der Waals surface area contributed by atoms with Crippen molar-refractivity contribution >= 4 is 21.8 Å². The second-order valence-electron chi connectivity index (χ2n) is 4.39. The van der Waals surface area contributed by atoms with Crippen molar-refractivity contribution in [2.24, 2.45) is 0 Å². The van der Waals surface area contributed by atoms with Crippen molar-refractivity contribution in [3.8, 4) is 0 Å². The van der Waals surface area contributed by atoms with Gasteiger partial charge in [-0.2, -0.15) is 8.42 Å². The number of carbonyl (C=O) groups excluding carboxylic acids is 1. The lowest BCUT2D eigenvalue weighted by Gasteiger charge is -2.18. The number of hydrogen-bond acceptors (Lipinski definition) is 3. The molecule has 0 bridgehead atoms. The van der Waals surface area contributed by atoms with Crippen molar-refractivity contribution in [1.29, 1.82) is 0 Å². The number of hydrogen-bond donors (Lipinski definition) is 1. The van der Waals surface area contributed by atoms with E-state index in [0.29, 0.717) is 18.8 Å². The fourth-order valence-corrected chi connectivity index (χ4v) is 2.58. The summed E-state index contributed by atoms with van der Waals surface area (Å²) in [4.78, 5) is 15.3. The van der Waals surface area contributed by atoms with Gasteiger partial charge in [0.05, 0.1) is 4.90 Å². The first-order chi connectivity index (χ1) is 8.93. The van der Waals surface area contributed by atoms with Gasteiger partial charge >= 0.3 is 6.03 Å². The Labute approximate surface area is 112 Å². The number of amides is 2. The second kappa shape index (κ2) is 5.18. The second-order valence-corrected chi connectivity index (χ2v) is 5.81. The molecule has 1 saturated heterocycles. The molecule has 0 saturated carbocycles. The summed E-state index contributed by atoms with van der Waals surface area (Å²) in [7, 11) is -4.19. The minimum Gasteiger partial charge on any atom is -0.323 e. The summed E-state index contributed by atoms with van der Waals surface area (Å²) in [6, 6.07) is 5.56. The topological polar surface area (TPSA) is 77.9 Å². The molecule has 6 nitrogen and oxygen atoms in total. The van der Waals surface area contributed by atoms with Gasteiger partial charge in [-0.3, -0.25) is 9.45 Å². The molecule has 1 N–H and O–H groups in total. The smallest absolute Gasteiger partial charge is 0.323 e. The molecule has 104 valence electrons. The Morgan fingerprint density at radius 2 is 1.84 bits per heavy atom. The highest BCUT2D eigenvalue weighted by Crippen LogP contribution is 2.22. The van der Waals surface area contributed by atoms with E-state index >= 15 is 0 Å². The van der Waals surface area contributed by atoms with Gasteiger partial charge in [0.2, 0.25) is 0 Å². The largest absolute Gasteiger partial charge is 0.324 e.